The molecule has 0 aliphatic rings. The second kappa shape index (κ2) is 11.4. The Balaban J connectivity index is 1.74. The summed E-state index contributed by atoms with van der Waals surface area (Å²) < 4.78 is 0. The summed E-state index contributed by atoms with van der Waals surface area (Å²) in [7, 11) is 0. The number of nitrogens with zero attached hydrogens (tertiary/aromatic N) is 4. The summed E-state index contributed by atoms with van der Waals surface area (Å²) in [6, 6.07) is 15.4. The molecular weight excluding hydrogens is 496 g/mol. The van der Waals surface area contributed by atoms with Crippen LogP contribution in [0.1, 0.15) is 91.5 Å². The lowest BCUT2D eigenvalue weighted by Crippen LogP contribution is -2.18. The molecule has 6 heteroatoms. The van der Waals surface area contributed by atoms with Gasteiger partial charge in [-0.2, -0.15) is 0 Å². The van der Waals surface area contributed by atoms with Crippen LogP contribution in [0.4, 0.5) is 0 Å². The van der Waals surface area contributed by atoms with Crippen LogP contribution in [0.5, 0.6) is 11.5 Å². The average Bonchev–Trinajstić information content (AvgIpc) is 2.90. The summed E-state index contributed by atoms with van der Waals surface area (Å²) >= 11 is 0. The molecule has 6 nitrogen and oxygen atoms in total. The van der Waals surface area contributed by atoms with Gasteiger partial charge in [-0.05, 0) is 60.1 Å². The van der Waals surface area contributed by atoms with E-state index in [1.165, 1.54) is 12.4 Å². The fourth-order valence-corrected chi connectivity index (χ4v) is 5.71. The Morgan fingerprint density at radius 1 is 0.600 bits per heavy atom. The van der Waals surface area contributed by atoms with Gasteiger partial charge in [-0.25, -0.2) is 9.97 Å². The van der Waals surface area contributed by atoms with Crippen LogP contribution >= 0.6 is 0 Å². The molecule has 0 spiro atoms. The van der Waals surface area contributed by atoms with Crippen molar-refractivity contribution in [1.82, 2.24) is 19.9 Å². The smallest absolute Gasteiger partial charge is 0.143 e. The SMILES string of the molecule is CCC(c1cc(-c2cccc(-c3cccc(-c4cc(C(CC)C(C)(C)C)ncc4O)n3)n2)c(O)cn1)C(C)(C)C. The van der Waals surface area contributed by atoms with E-state index in [2.05, 4.69) is 65.4 Å². The van der Waals surface area contributed by atoms with Gasteiger partial charge in [0.25, 0.3) is 0 Å². The zero-order chi connectivity index (χ0) is 29.2. The predicted octanol–water partition coefficient (Wildman–Crippen LogP) is 8.76. The van der Waals surface area contributed by atoms with Crippen LogP contribution in [0.25, 0.3) is 33.9 Å². The standard InChI is InChI=1S/C34H42N4O2/c1-9-23(33(3,4)5)29-17-21(31(39)19-35-29)25-13-11-15-27(37-25)28-16-12-14-26(38-28)22-18-30(36-20-32(22)40)24(10-2)34(6,7)8/h11-20,23-24,39-40H,9-10H2,1-8H3. The molecule has 0 fully saturated rings. The lowest BCUT2D eigenvalue weighted by Gasteiger charge is -2.29. The molecule has 0 aromatic carbocycles. The first-order valence-electron chi connectivity index (χ1n) is 14.2. The van der Waals surface area contributed by atoms with Gasteiger partial charge in [0.05, 0.1) is 35.2 Å². The van der Waals surface area contributed by atoms with Crippen molar-refractivity contribution in [2.24, 2.45) is 10.8 Å². The van der Waals surface area contributed by atoms with Crippen LogP contribution in [-0.2, 0) is 0 Å². The minimum Gasteiger partial charge on any atom is -0.506 e. The summed E-state index contributed by atoms with van der Waals surface area (Å²) in [6.45, 7) is 17.6. The Bertz CT molecular complexity index is 1370. The van der Waals surface area contributed by atoms with Crippen molar-refractivity contribution in [3.63, 3.8) is 0 Å². The maximum Gasteiger partial charge on any atom is 0.143 e. The fourth-order valence-electron chi connectivity index (χ4n) is 5.71. The van der Waals surface area contributed by atoms with Crippen molar-refractivity contribution in [3.05, 3.63) is 72.3 Å². The van der Waals surface area contributed by atoms with Crippen molar-refractivity contribution in [2.75, 3.05) is 0 Å². The molecule has 4 rings (SSSR count). The Morgan fingerprint density at radius 2 is 0.950 bits per heavy atom. The van der Waals surface area contributed by atoms with E-state index >= 15 is 0 Å². The van der Waals surface area contributed by atoms with E-state index in [0.29, 0.717) is 33.9 Å². The van der Waals surface area contributed by atoms with E-state index in [4.69, 9.17) is 9.97 Å². The summed E-state index contributed by atoms with van der Waals surface area (Å²) in [5, 5.41) is 21.5. The molecule has 0 amide bonds. The fraction of sp³-hybridized carbons (Fsp3) is 0.412. The number of aromatic nitrogens is 4. The van der Waals surface area contributed by atoms with E-state index in [1.807, 2.05) is 48.5 Å². The third-order valence-electron chi connectivity index (χ3n) is 7.74. The summed E-state index contributed by atoms with van der Waals surface area (Å²) in [4.78, 5) is 18.9. The molecule has 4 heterocycles. The minimum absolute atomic E-state index is 0.0397. The third-order valence-corrected chi connectivity index (χ3v) is 7.74. The zero-order valence-electron chi connectivity index (χ0n) is 25.0. The van der Waals surface area contributed by atoms with E-state index < -0.39 is 0 Å². The maximum absolute atomic E-state index is 10.7. The molecule has 0 bridgehead atoms. The van der Waals surface area contributed by atoms with Crippen LogP contribution < -0.4 is 0 Å². The Morgan fingerprint density at radius 3 is 1.27 bits per heavy atom. The van der Waals surface area contributed by atoms with E-state index in [0.717, 1.165) is 24.2 Å². The van der Waals surface area contributed by atoms with E-state index in [9.17, 15) is 10.2 Å². The predicted molar refractivity (Wildman–Crippen MR) is 162 cm³/mol. The Kier molecular flexibility index (Phi) is 8.29. The summed E-state index contributed by atoms with van der Waals surface area (Å²) in [5.41, 5.74) is 5.92. The molecule has 2 N–H and O–H groups in total. The third kappa shape index (κ3) is 6.16. The van der Waals surface area contributed by atoms with E-state index in [-0.39, 0.29) is 34.2 Å². The molecule has 0 aliphatic carbocycles. The van der Waals surface area contributed by atoms with Gasteiger partial charge in [0.1, 0.15) is 11.5 Å². The van der Waals surface area contributed by atoms with Gasteiger partial charge in [-0.1, -0.05) is 67.5 Å². The Labute approximate surface area is 238 Å². The lowest BCUT2D eigenvalue weighted by atomic mass is 9.76. The molecular formula is C34H42N4O2. The van der Waals surface area contributed by atoms with Crippen LogP contribution in [-0.4, -0.2) is 30.1 Å². The summed E-state index contributed by atoms with van der Waals surface area (Å²) in [6.07, 6.45) is 4.95. The number of hydrogen-bond donors (Lipinski definition) is 2. The van der Waals surface area contributed by atoms with Crippen molar-refractivity contribution in [1.29, 1.82) is 0 Å². The van der Waals surface area contributed by atoms with Gasteiger partial charge in [0.15, 0.2) is 0 Å². The Hall–Kier alpha value is -3.80. The van der Waals surface area contributed by atoms with Crippen molar-refractivity contribution in [2.45, 2.75) is 80.1 Å². The molecule has 0 aliphatic heterocycles. The van der Waals surface area contributed by atoms with Crippen molar-refractivity contribution in [3.8, 4) is 45.4 Å². The molecule has 4 aromatic heterocycles. The minimum atomic E-state index is 0.0397. The first-order valence-corrected chi connectivity index (χ1v) is 14.2. The quantitative estimate of drug-likeness (QED) is 0.244. The highest BCUT2D eigenvalue weighted by molar-refractivity contribution is 5.72. The highest BCUT2D eigenvalue weighted by atomic mass is 16.3. The average molecular weight is 539 g/mol. The van der Waals surface area contributed by atoms with Crippen molar-refractivity contribution < 1.29 is 10.2 Å². The first kappa shape index (κ1) is 29.2. The topological polar surface area (TPSA) is 92.0 Å². The van der Waals surface area contributed by atoms with Gasteiger partial charge in [-0.3, -0.25) is 9.97 Å². The molecule has 2 unspecified atom stereocenters. The molecule has 2 atom stereocenters. The van der Waals surface area contributed by atoms with Gasteiger partial charge < -0.3 is 10.2 Å². The largest absolute Gasteiger partial charge is 0.506 e. The first-order chi connectivity index (χ1) is 18.8. The van der Waals surface area contributed by atoms with E-state index in [1.54, 1.807) is 0 Å². The van der Waals surface area contributed by atoms with Gasteiger partial charge in [0.2, 0.25) is 0 Å². The number of hydrogen-bond acceptors (Lipinski definition) is 6. The van der Waals surface area contributed by atoms with Gasteiger partial charge in [-0.15, -0.1) is 0 Å². The molecule has 0 saturated carbocycles. The van der Waals surface area contributed by atoms with Crippen LogP contribution in [0.3, 0.4) is 0 Å². The van der Waals surface area contributed by atoms with Crippen LogP contribution in [0, 0.1) is 10.8 Å². The van der Waals surface area contributed by atoms with Gasteiger partial charge in [0, 0.05) is 34.4 Å². The van der Waals surface area contributed by atoms with Crippen LogP contribution in [0.2, 0.25) is 0 Å². The van der Waals surface area contributed by atoms with Crippen molar-refractivity contribution >= 4 is 0 Å². The van der Waals surface area contributed by atoms with Gasteiger partial charge >= 0.3 is 0 Å². The highest BCUT2D eigenvalue weighted by Gasteiger charge is 2.28. The zero-order valence-corrected chi connectivity index (χ0v) is 25.0. The second-order valence-electron chi connectivity index (χ2n) is 12.7. The van der Waals surface area contributed by atoms with Crippen LogP contribution in [0.15, 0.2) is 60.9 Å². The molecule has 4 aromatic rings. The monoisotopic (exact) mass is 538 g/mol. The second-order valence-corrected chi connectivity index (χ2v) is 12.7. The number of rotatable bonds is 7. The maximum atomic E-state index is 10.7. The number of aromatic hydroxyl groups is 2. The highest BCUT2D eigenvalue weighted by Crippen LogP contribution is 2.41. The molecule has 210 valence electrons. The normalized spacial score (nSPS) is 13.7. The summed E-state index contributed by atoms with van der Waals surface area (Å²) in [5.74, 6) is 0.684. The molecule has 40 heavy (non-hydrogen) atoms. The number of pyridine rings is 4. The molecule has 0 saturated heterocycles. The molecule has 0 radical (unpaired) electrons. The lowest BCUT2D eigenvalue weighted by molar-refractivity contribution is 0.306.